The quantitative estimate of drug-likeness (QED) is 0.785. The summed E-state index contributed by atoms with van der Waals surface area (Å²) in [5.74, 6) is -0.257. The zero-order valence-electron chi connectivity index (χ0n) is 13.7. The van der Waals surface area contributed by atoms with Crippen molar-refractivity contribution in [2.75, 3.05) is 27.2 Å². The number of halogens is 1. The third-order valence-electron chi connectivity index (χ3n) is 4.60. The number of rotatable bonds is 7. The molecule has 1 amide bonds. The fourth-order valence-electron chi connectivity index (χ4n) is 3.37. The van der Waals surface area contributed by atoms with E-state index in [0.29, 0.717) is 12.1 Å². The van der Waals surface area contributed by atoms with Crippen molar-refractivity contribution in [3.8, 4) is 0 Å². The summed E-state index contributed by atoms with van der Waals surface area (Å²) in [5.41, 5.74) is -0.0920. The van der Waals surface area contributed by atoms with E-state index in [2.05, 4.69) is 10.2 Å². The lowest BCUT2D eigenvalue weighted by Crippen LogP contribution is -2.43. The lowest BCUT2D eigenvalue weighted by atomic mass is 9.77. The highest BCUT2D eigenvalue weighted by atomic mass is 19.1. The van der Waals surface area contributed by atoms with Crippen LogP contribution < -0.4 is 5.32 Å². The first-order valence-corrected chi connectivity index (χ1v) is 8.24. The Kier molecular flexibility index (Phi) is 5.95. The number of benzene rings is 1. The number of carbonyl (C=O) groups excluding carboxylic acids is 1. The van der Waals surface area contributed by atoms with Gasteiger partial charge in [-0.3, -0.25) is 4.79 Å². The van der Waals surface area contributed by atoms with Crippen molar-refractivity contribution in [3.05, 3.63) is 35.6 Å². The van der Waals surface area contributed by atoms with E-state index in [1.807, 2.05) is 20.2 Å². The molecular formula is C18H27FN2O. The maximum absolute atomic E-state index is 14.2. The van der Waals surface area contributed by atoms with Gasteiger partial charge >= 0.3 is 0 Å². The number of nitrogens with one attached hydrogen (secondary N) is 1. The van der Waals surface area contributed by atoms with Crippen molar-refractivity contribution in [1.82, 2.24) is 10.2 Å². The zero-order valence-corrected chi connectivity index (χ0v) is 13.7. The molecule has 1 N–H and O–H groups in total. The van der Waals surface area contributed by atoms with Gasteiger partial charge in [-0.25, -0.2) is 4.39 Å². The van der Waals surface area contributed by atoms with Gasteiger partial charge < -0.3 is 10.2 Å². The topological polar surface area (TPSA) is 32.3 Å². The van der Waals surface area contributed by atoms with Crippen LogP contribution in [0.3, 0.4) is 0 Å². The van der Waals surface area contributed by atoms with Crippen LogP contribution in [0.2, 0.25) is 0 Å². The number of unbranched alkanes of at least 4 members (excludes halogenated alkanes) is 1. The summed E-state index contributed by atoms with van der Waals surface area (Å²) in [7, 11) is 4.09. The van der Waals surface area contributed by atoms with Gasteiger partial charge in [0.25, 0.3) is 0 Å². The van der Waals surface area contributed by atoms with E-state index >= 15 is 0 Å². The molecular weight excluding hydrogens is 279 g/mol. The minimum Gasteiger partial charge on any atom is -0.355 e. The first kappa shape index (κ1) is 16.9. The van der Waals surface area contributed by atoms with Crippen molar-refractivity contribution < 1.29 is 9.18 Å². The van der Waals surface area contributed by atoms with Crippen LogP contribution in [-0.4, -0.2) is 38.0 Å². The maximum Gasteiger partial charge on any atom is 0.230 e. The first-order chi connectivity index (χ1) is 10.6. The molecule has 1 saturated carbocycles. The molecule has 1 aromatic rings. The molecule has 122 valence electrons. The second-order valence-electron chi connectivity index (χ2n) is 6.54. The van der Waals surface area contributed by atoms with E-state index < -0.39 is 5.41 Å². The summed E-state index contributed by atoms with van der Waals surface area (Å²) in [4.78, 5) is 14.9. The molecule has 22 heavy (non-hydrogen) atoms. The lowest BCUT2D eigenvalue weighted by Gasteiger charge is -2.28. The summed E-state index contributed by atoms with van der Waals surface area (Å²) < 4.78 is 14.2. The van der Waals surface area contributed by atoms with Crippen LogP contribution in [0.15, 0.2) is 24.3 Å². The average Bonchev–Trinajstić information content (AvgIpc) is 2.97. The number of hydrogen-bond donors (Lipinski definition) is 1. The average molecular weight is 306 g/mol. The Hall–Kier alpha value is -1.42. The van der Waals surface area contributed by atoms with E-state index in [1.165, 1.54) is 6.07 Å². The van der Waals surface area contributed by atoms with Crippen LogP contribution in [0, 0.1) is 5.82 Å². The largest absolute Gasteiger partial charge is 0.355 e. The van der Waals surface area contributed by atoms with Gasteiger partial charge in [0, 0.05) is 12.1 Å². The van der Waals surface area contributed by atoms with Gasteiger partial charge in [-0.1, -0.05) is 31.0 Å². The zero-order chi connectivity index (χ0) is 16.0. The minimum atomic E-state index is -0.660. The fraction of sp³-hybridized carbons (Fsp3) is 0.611. The molecule has 0 aliphatic heterocycles. The van der Waals surface area contributed by atoms with Crippen LogP contribution in [0.4, 0.5) is 4.39 Å². The summed E-state index contributed by atoms with van der Waals surface area (Å²) in [6, 6.07) is 6.73. The number of hydrogen-bond acceptors (Lipinski definition) is 2. The highest BCUT2D eigenvalue weighted by molar-refractivity contribution is 5.88. The fourth-order valence-corrected chi connectivity index (χ4v) is 3.37. The Morgan fingerprint density at radius 1 is 1.23 bits per heavy atom. The Labute approximate surface area is 132 Å². The monoisotopic (exact) mass is 306 g/mol. The van der Waals surface area contributed by atoms with Crippen LogP contribution in [0.25, 0.3) is 0 Å². The van der Waals surface area contributed by atoms with E-state index in [9.17, 15) is 9.18 Å². The van der Waals surface area contributed by atoms with Crippen molar-refractivity contribution in [1.29, 1.82) is 0 Å². The molecule has 0 bridgehead atoms. The Bertz CT molecular complexity index is 496. The molecule has 4 heteroatoms. The smallest absolute Gasteiger partial charge is 0.230 e. The Morgan fingerprint density at radius 2 is 1.91 bits per heavy atom. The molecule has 0 atom stereocenters. The molecule has 1 fully saturated rings. The molecule has 1 aromatic carbocycles. The van der Waals surface area contributed by atoms with Gasteiger partial charge in [0.2, 0.25) is 5.91 Å². The van der Waals surface area contributed by atoms with Gasteiger partial charge in [0.05, 0.1) is 5.41 Å². The predicted molar refractivity (Wildman–Crippen MR) is 87.3 cm³/mol. The van der Waals surface area contributed by atoms with Crippen LogP contribution >= 0.6 is 0 Å². The molecule has 2 rings (SSSR count). The second-order valence-corrected chi connectivity index (χ2v) is 6.54. The maximum atomic E-state index is 14.2. The predicted octanol–water partition coefficient (Wildman–Crippen LogP) is 3.10. The number of amides is 1. The van der Waals surface area contributed by atoms with Gasteiger partial charge in [0.1, 0.15) is 5.82 Å². The second kappa shape index (κ2) is 7.73. The highest BCUT2D eigenvalue weighted by Gasteiger charge is 2.43. The van der Waals surface area contributed by atoms with Crippen molar-refractivity contribution in [2.24, 2.45) is 0 Å². The SMILES string of the molecule is CN(C)CCCCNC(=O)C1(c2ccccc2F)CCCC1. The van der Waals surface area contributed by atoms with E-state index in [4.69, 9.17) is 0 Å². The molecule has 0 spiro atoms. The number of nitrogens with zero attached hydrogens (tertiary/aromatic N) is 1. The molecule has 0 unspecified atom stereocenters. The molecule has 0 saturated heterocycles. The van der Waals surface area contributed by atoms with Gasteiger partial charge in [-0.05, 0) is 52.4 Å². The van der Waals surface area contributed by atoms with E-state index in [-0.39, 0.29) is 11.7 Å². The molecule has 1 aliphatic carbocycles. The molecule has 3 nitrogen and oxygen atoms in total. The molecule has 1 aliphatic rings. The third-order valence-corrected chi connectivity index (χ3v) is 4.60. The standard InChI is InChI=1S/C18H27FN2O/c1-21(2)14-8-7-13-20-17(22)18(11-5-6-12-18)15-9-3-4-10-16(15)19/h3-4,9-10H,5-8,11-14H2,1-2H3,(H,20,22). The van der Waals surface area contributed by atoms with E-state index in [0.717, 1.165) is 45.1 Å². The van der Waals surface area contributed by atoms with Crippen LogP contribution in [0.1, 0.15) is 44.1 Å². The highest BCUT2D eigenvalue weighted by Crippen LogP contribution is 2.42. The normalized spacial score (nSPS) is 16.9. The molecule has 0 aromatic heterocycles. The summed E-state index contributed by atoms with van der Waals surface area (Å²) in [5, 5.41) is 3.04. The third kappa shape index (κ3) is 3.86. The van der Waals surface area contributed by atoms with Crippen LogP contribution in [-0.2, 0) is 10.2 Å². The van der Waals surface area contributed by atoms with Crippen molar-refractivity contribution in [3.63, 3.8) is 0 Å². The van der Waals surface area contributed by atoms with Crippen LogP contribution in [0.5, 0.6) is 0 Å². The van der Waals surface area contributed by atoms with Gasteiger partial charge in [-0.15, -0.1) is 0 Å². The van der Waals surface area contributed by atoms with Gasteiger partial charge in [0.15, 0.2) is 0 Å². The molecule has 0 radical (unpaired) electrons. The minimum absolute atomic E-state index is 0.0000435. The van der Waals surface area contributed by atoms with E-state index in [1.54, 1.807) is 12.1 Å². The van der Waals surface area contributed by atoms with Crippen molar-refractivity contribution in [2.45, 2.75) is 43.9 Å². The molecule has 0 heterocycles. The Morgan fingerprint density at radius 3 is 2.55 bits per heavy atom. The first-order valence-electron chi connectivity index (χ1n) is 8.24. The summed E-state index contributed by atoms with van der Waals surface area (Å²) in [6.45, 7) is 1.69. The summed E-state index contributed by atoms with van der Waals surface area (Å²) >= 11 is 0. The summed E-state index contributed by atoms with van der Waals surface area (Å²) in [6.07, 6.45) is 5.48. The van der Waals surface area contributed by atoms with Gasteiger partial charge in [-0.2, -0.15) is 0 Å². The Balaban J connectivity index is 1.99. The lowest BCUT2D eigenvalue weighted by molar-refractivity contribution is -0.126. The van der Waals surface area contributed by atoms with Crippen molar-refractivity contribution >= 4 is 5.91 Å². The number of carbonyl (C=O) groups is 1.